The van der Waals surface area contributed by atoms with Crippen molar-refractivity contribution >= 4 is 28.9 Å². The molecular weight excluding hydrogens is 463 g/mol. The molecule has 1 aliphatic rings. The van der Waals surface area contributed by atoms with E-state index in [1.165, 1.54) is 11.6 Å². The van der Waals surface area contributed by atoms with E-state index in [2.05, 4.69) is 12.2 Å². The molecule has 4 aromatic carbocycles. The third kappa shape index (κ3) is 4.60. The summed E-state index contributed by atoms with van der Waals surface area (Å²) in [5.41, 5.74) is 4.65. The van der Waals surface area contributed by atoms with Gasteiger partial charge >= 0.3 is 0 Å². The molecule has 1 atom stereocenters. The summed E-state index contributed by atoms with van der Waals surface area (Å²) in [6.07, 6.45) is 0.526. The maximum absolute atomic E-state index is 14.1. The van der Waals surface area contributed by atoms with Crippen LogP contribution in [0.15, 0.2) is 91.0 Å². The number of fused-ring (bicyclic) bond motifs is 1. The first kappa shape index (κ1) is 22.9. The molecule has 0 saturated heterocycles. The number of carbonyl (C=O) groups excluding carboxylic acids is 1. The first-order valence-corrected chi connectivity index (χ1v) is 11.9. The van der Waals surface area contributed by atoms with Crippen molar-refractivity contribution in [1.29, 1.82) is 0 Å². The predicted molar refractivity (Wildman–Crippen MR) is 138 cm³/mol. The Kier molecular flexibility index (Phi) is 6.43. The molecule has 0 spiro atoms. The summed E-state index contributed by atoms with van der Waals surface area (Å²) in [5.74, 6) is 0.111. The molecule has 0 aliphatic carbocycles. The number of amides is 1. The first-order chi connectivity index (χ1) is 17.0. The largest absolute Gasteiger partial charge is 0.489 e. The fourth-order valence-corrected chi connectivity index (χ4v) is 4.43. The Labute approximate surface area is 208 Å². The van der Waals surface area contributed by atoms with Gasteiger partial charge in [0.25, 0.3) is 5.91 Å². The number of benzene rings is 4. The minimum absolute atomic E-state index is 0.0221. The molecule has 1 aliphatic heterocycles. The van der Waals surface area contributed by atoms with Gasteiger partial charge in [0, 0.05) is 16.9 Å². The Balaban J connectivity index is 1.43. The van der Waals surface area contributed by atoms with E-state index in [1.807, 2.05) is 72.8 Å². The van der Waals surface area contributed by atoms with Gasteiger partial charge in [0.1, 0.15) is 24.3 Å². The summed E-state index contributed by atoms with van der Waals surface area (Å²) in [4.78, 5) is 15.3. The number of nitrogens with one attached hydrogen (secondary N) is 1. The number of aryl methyl sites for hydroxylation is 1. The Morgan fingerprint density at radius 3 is 2.40 bits per heavy atom. The van der Waals surface area contributed by atoms with E-state index >= 15 is 0 Å². The number of rotatable bonds is 6. The summed E-state index contributed by atoms with van der Waals surface area (Å²) >= 11 is 6.11. The van der Waals surface area contributed by atoms with Crippen LogP contribution in [-0.2, 0) is 13.0 Å². The van der Waals surface area contributed by atoms with Crippen molar-refractivity contribution in [2.24, 2.45) is 0 Å². The van der Waals surface area contributed by atoms with Gasteiger partial charge in [-0.1, -0.05) is 61.0 Å². The zero-order valence-corrected chi connectivity index (χ0v) is 19.9. The molecule has 0 aromatic heterocycles. The van der Waals surface area contributed by atoms with Gasteiger partial charge < -0.3 is 10.1 Å². The monoisotopic (exact) mass is 486 g/mol. The van der Waals surface area contributed by atoms with Crippen LogP contribution >= 0.6 is 11.6 Å². The number of hydrogen-bond acceptors (Lipinski definition) is 3. The average molecular weight is 487 g/mol. The van der Waals surface area contributed by atoms with Crippen LogP contribution in [0.2, 0.25) is 5.02 Å². The van der Waals surface area contributed by atoms with Gasteiger partial charge in [-0.15, -0.1) is 0 Å². The highest BCUT2D eigenvalue weighted by Crippen LogP contribution is 2.37. The van der Waals surface area contributed by atoms with Gasteiger partial charge in [0.05, 0.1) is 10.6 Å². The van der Waals surface area contributed by atoms with Crippen molar-refractivity contribution < 1.29 is 13.9 Å². The van der Waals surface area contributed by atoms with Crippen molar-refractivity contribution in [2.75, 3.05) is 10.2 Å². The molecule has 176 valence electrons. The number of anilines is 2. The van der Waals surface area contributed by atoms with Crippen LogP contribution in [0.3, 0.4) is 0 Å². The minimum atomic E-state index is -0.403. The molecule has 35 heavy (non-hydrogen) atoms. The first-order valence-electron chi connectivity index (χ1n) is 11.5. The van der Waals surface area contributed by atoms with E-state index in [9.17, 15) is 9.18 Å². The Bertz CT molecular complexity index is 1340. The molecule has 0 fully saturated rings. The fourth-order valence-electron chi connectivity index (χ4n) is 4.22. The highest BCUT2D eigenvalue weighted by atomic mass is 35.5. The van der Waals surface area contributed by atoms with Crippen LogP contribution < -0.4 is 15.0 Å². The van der Waals surface area contributed by atoms with Crippen LogP contribution in [0.5, 0.6) is 5.75 Å². The third-order valence-corrected chi connectivity index (χ3v) is 6.54. The number of hydrogen-bond donors (Lipinski definition) is 1. The molecule has 1 heterocycles. The number of carbonyl (C=O) groups is 1. The van der Waals surface area contributed by atoms with Crippen LogP contribution in [-0.4, -0.2) is 5.91 Å². The summed E-state index contributed by atoms with van der Waals surface area (Å²) in [6.45, 7) is 2.12. The van der Waals surface area contributed by atoms with Crippen molar-refractivity contribution in [1.82, 2.24) is 0 Å². The number of ether oxygens (including phenoxy) is 1. The normalized spacial score (nSPS) is 14.9. The summed E-state index contributed by atoms with van der Waals surface area (Å²) in [5, 5.41) is 3.84. The third-order valence-electron chi connectivity index (χ3n) is 6.19. The molecule has 6 heteroatoms. The lowest BCUT2D eigenvalue weighted by atomic mass is 10.0. The van der Waals surface area contributed by atoms with Crippen molar-refractivity contribution in [3.05, 3.63) is 124 Å². The molecule has 1 amide bonds. The SMILES string of the molecule is CCc1ccc(N2C(=O)c3ccccc3N[C@H]2c2ccc(OCc3c(F)cccc3Cl)cc2)cc1. The number of para-hydroxylation sites is 1. The second kappa shape index (κ2) is 9.80. The molecule has 0 bridgehead atoms. The molecule has 4 aromatic rings. The Morgan fingerprint density at radius 2 is 1.69 bits per heavy atom. The number of nitrogens with zero attached hydrogens (tertiary/aromatic N) is 1. The van der Waals surface area contributed by atoms with Crippen molar-refractivity contribution in [3.8, 4) is 5.75 Å². The van der Waals surface area contributed by atoms with E-state index in [0.29, 0.717) is 21.9 Å². The minimum Gasteiger partial charge on any atom is -0.489 e. The molecule has 0 radical (unpaired) electrons. The lowest BCUT2D eigenvalue weighted by molar-refractivity contribution is 0.0975. The van der Waals surface area contributed by atoms with Gasteiger partial charge in [-0.05, 0) is 66.1 Å². The Hall–Kier alpha value is -3.83. The van der Waals surface area contributed by atoms with Gasteiger partial charge in [0.2, 0.25) is 0 Å². The summed E-state index contributed by atoms with van der Waals surface area (Å²) < 4.78 is 19.8. The average Bonchev–Trinajstić information content (AvgIpc) is 2.89. The lowest BCUT2D eigenvalue weighted by Crippen LogP contribution is -2.43. The van der Waals surface area contributed by atoms with E-state index in [1.54, 1.807) is 17.0 Å². The predicted octanol–water partition coefficient (Wildman–Crippen LogP) is 7.39. The topological polar surface area (TPSA) is 41.6 Å². The summed E-state index contributed by atoms with van der Waals surface area (Å²) in [6, 6.07) is 27.6. The number of halogens is 2. The maximum atomic E-state index is 14.1. The van der Waals surface area contributed by atoms with E-state index in [4.69, 9.17) is 16.3 Å². The zero-order chi connectivity index (χ0) is 24.4. The second-order valence-electron chi connectivity index (χ2n) is 8.35. The van der Waals surface area contributed by atoms with Crippen LogP contribution in [0, 0.1) is 5.82 Å². The molecule has 4 nitrogen and oxygen atoms in total. The van der Waals surface area contributed by atoms with Gasteiger partial charge in [0.15, 0.2) is 0 Å². The van der Waals surface area contributed by atoms with Crippen LogP contribution in [0.4, 0.5) is 15.8 Å². The molecule has 0 unspecified atom stereocenters. The molecular formula is C29H24ClFN2O2. The summed E-state index contributed by atoms with van der Waals surface area (Å²) in [7, 11) is 0. The Morgan fingerprint density at radius 1 is 0.943 bits per heavy atom. The van der Waals surface area contributed by atoms with Crippen LogP contribution in [0.1, 0.15) is 40.1 Å². The van der Waals surface area contributed by atoms with Gasteiger partial charge in [-0.2, -0.15) is 0 Å². The zero-order valence-electron chi connectivity index (χ0n) is 19.2. The van der Waals surface area contributed by atoms with Crippen LogP contribution in [0.25, 0.3) is 0 Å². The van der Waals surface area contributed by atoms with E-state index in [0.717, 1.165) is 23.4 Å². The van der Waals surface area contributed by atoms with Gasteiger partial charge in [-0.3, -0.25) is 9.69 Å². The van der Waals surface area contributed by atoms with E-state index in [-0.39, 0.29) is 12.5 Å². The highest BCUT2D eigenvalue weighted by molar-refractivity contribution is 6.31. The van der Waals surface area contributed by atoms with E-state index < -0.39 is 12.0 Å². The lowest BCUT2D eigenvalue weighted by Gasteiger charge is -2.38. The highest BCUT2D eigenvalue weighted by Gasteiger charge is 2.34. The van der Waals surface area contributed by atoms with Crippen molar-refractivity contribution in [2.45, 2.75) is 26.1 Å². The second-order valence-corrected chi connectivity index (χ2v) is 8.75. The van der Waals surface area contributed by atoms with Gasteiger partial charge in [-0.25, -0.2) is 4.39 Å². The molecule has 1 N–H and O–H groups in total. The van der Waals surface area contributed by atoms with Crippen molar-refractivity contribution in [3.63, 3.8) is 0 Å². The molecule has 0 saturated carbocycles. The molecule has 5 rings (SSSR count). The maximum Gasteiger partial charge on any atom is 0.262 e. The smallest absolute Gasteiger partial charge is 0.262 e. The standard InChI is InChI=1S/C29H24ClFN2O2/c1-2-19-10-14-21(15-11-19)33-28(32-27-9-4-3-6-23(27)29(33)34)20-12-16-22(17-13-20)35-18-24-25(30)7-5-8-26(24)31/h3-17,28,32H,2,18H2,1H3/t28-/m1/s1. The fraction of sp³-hybridized carbons (Fsp3) is 0.138. The quantitative estimate of drug-likeness (QED) is 0.309.